The molecule has 1 aromatic rings. The molecule has 1 saturated carbocycles. The van der Waals surface area contributed by atoms with Crippen LogP contribution in [0.1, 0.15) is 30.5 Å². The third kappa shape index (κ3) is 1.47. The number of nitrogens with zero attached hydrogens (tertiary/aromatic N) is 1. The first kappa shape index (κ1) is 11.3. The molecule has 2 N–H and O–H groups in total. The Morgan fingerprint density at radius 2 is 2.39 bits per heavy atom. The summed E-state index contributed by atoms with van der Waals surface area (Å²) in [6.07, 6.45) is 2.90. The van der Waals surface area contributed by atoms with E-state index in [2.05, 4.69) is 4.98 Å². The van der Waals surface area contributed by atoms with Gasteiger partial charge >= 0.3 is 0 Å². The highest BCUT2D eigenvalue weighted by molar-refractivity contribution is 5.94. The van der Waals surface area contributed by atoms with Gasteiger partial charge in [0.2, 0.25) is 5.91 Å². The van der Waals surface area contributed by atoms with Gasteiger partial charge in [-0.1, -0.05) is 6.07 Å². The number of fused-ring (bicyclic) bond motifs is 2. The van der Waals surface area contributed by atoms with E-state index in [1.165, 1.54) is 0 Å². The first-order chi connectivity index (χ1) is 8.63. The SMILES string of the molecule is NC(=O)C1CCC2(OCc3cccnc32)C(=O)C1. The molecular formula is C13H14N2O3. The standard InChI is InChI=1S/C13H14N2O3/c14-12(17)8-3-4-13(10(16)6-8)11-9(7-18-13)2-1-5-15-11/h1-2,5,8H,3-4,6-7H2,(H2,14,17). The Labute approximate surface area is 104 Å². The zero-order valence-corrected chi connectivity index (χ0v) is 9.89. The molecular weight excluding hydrogens is 232 g/mol. The topological polar surface area (TPSA) is 82.3 Å². The lowest BCUT2D eigenvalue weighted by atomic mass is 9.75. The van der Waals surface area contributed by atoms with Crippen LogP contribution in [-0.2, 0) is 26.5 Å². The molecule has 18 heavy (non-hydrogen) atoms. The summed E-state index contributed by atoms with van der Waals surface area (Å²) in [5, 5.41) is 0. The normalized spacial score (nSPS) is 30.4. The quantitative estimate of drug-likeness (QED) is 0.789. The number of aromatic nitrogens is 1. The van der Waals surface area contributed by atoms with Crippen LogP contribution in [0.5, 0.6) is 0 Å². The van der Waals surface area contributed by atoms with E-state index in [9.17, 15) is 9.59 Å². The van der Waals surface area contributed by atoms with E-state index >= 15 is 0 Å². The van der Waals surface area contributed by atoms with Crippen molar-refractivity contribution in [2.75, 3.05) is 0 Å². The summed E-state index contributed by atoms with van der Waals surface area (Å²) in [5.74, 6) is -0.841. The molecule has 1 aliphatic carbocycles. The van der Waals surface area contributed by atoms with Crippen LogP contribution in [0, 0.1) is 5.92 Å². The largest absolute Gasteiger partial charge is 0.369 e. The number of hydrogen-bond donors (Lipinski definition) is 1. The molecule has 3 rings (SSSR count). The van der Waals surface area contributed by atoms with E-state index in [0.717, 1.165) is 11.3 Å². The Kier molecular flexibility index (Phi) is 2.45. The lowest BCUT2D eigenvalue weighted by molar-refractivity contribution is -0.154. The molecule has 1 aliphatic heterocycles. The number of nitrogens with two attached hydrogens (primary N) is 1. The van der Waals surface area contributed by atoms with Gasteiger partial charge in [-0.25, -0.2) is 0 Å². The highest BCUT2D eigenvalue weighted by Crippen LogP contribution is 2.44. The van der Waals surface area contributed by atoms with Crippen molar-refractivity contribution in [3.05, 3.63) is 29.6 Å². The zero-order chi connectivity index (χ0) is 12.8. The third-order valence-corrected chi connectivity index (χ3v) is 3.88. The second-order valence-corrected chi connectivity index (χ2v) is 4.89. The smallest absolute Gasteiger partial charge is 0.220 e. The van der Waals surface area contributed by atoms with E-state index in [1.54, 1.807) is 6.20 Å². The molecule has 0 aromatic carbocycles. The number of pyridine rings is 1. The number of carbonyl (C=O) groups is 2. The minimum Gasteiger partial charge on any atom is -0.369 e. The molecule has 1 aromatic heterocycles. The Bertz CT molecular complexity index is 529. The van der Waals surface area contributed by atoms with Gasteiger partial charge < -0.3 is 10.5 Å². The Morgan fingerprint density at radius 1 is 1.56 bits per heavy atom. The van der Waals surface area contributed by atoms with E-state index < -0.39 is 11.5 Å². The predicted molar refractivity (Wildman–Crippen MR) is 62.2 cm³/mol. The number of amides is 1. The van der Waals surface area contributed by atoms with E-state index in [0.29, 0.717) is 19.4 Å². The Balaban J connectivity index is 1.95. The van der Waals surface area contributed by atoms with E-state index in [-0.39, 0.29) is 18.1 Å². The number of Topliss-reactive ketones (excluding diaryl/α,β-unsaturated/α-hetero) is 1. The van der Waals surface area contributed by atoms with Crippen molar-refractivity contribution >= 4 is 11.7 Å². The number of hydrogen-bond acceptors (Lipinski definition) is 4. The molecule has 0 radical (unpaired) electrons. The van der Waals surface area contributed by atoms with Gasteiger partial charge in [-0.2, -0.15) is 0 Å². The van der Waals surface area contributed by atoms with Crippen LogP contribution in [0.4, 0.5) is 0 Å². The van der Waals surface area contributed by atoms with Crippen molar-refractivity contribution in [2.45, 2.75) is 31.5 Å². The number of carbonyl (C=O) groups excluding carboxylic acids is 2. The summed E-state index contributed by atoms with van der Waals surface area (Å²) in [5.41, 5.74) is 6.02. The van der Waals surface area contributed by atoms with Crippen molar-refractivity contribution < 1.29 is 14.3 Å². The Hall–Kier alpha value is -1.75. The summed E-state index contributed by atoms with van der Waals surface area (Å²) in [7, 11) is 0. The van der Waals surface area contributed by atoms with E-state index in [4.69, 9.17) is 10.5 Å². The summed E-state index contributed by atoms with van der Waals surface area (Å²) in [6.45, 7) is 0.413. The molecule has 2 atom stereocenters. The van der Waals surface area contributed by atoms with Crippen molar-refractivity contribution in [1.29, 1.82) is 0 Å². The molecule has 5 nitrogen and oxygen atoms in total. The second-order valence-electron chi connectivity index (χ2n) is 4.89. The maximum absolute atomic E-state index is 12.3. The van der Waals surface area contributed by atoms with Gasteiger partial charge in [0.05, 0.1) is 12.3 Å². The molecule has 1 amide bonds. The van der Waals surface area contributed by atoms with Crippen molar-refractivity contribution in [1.82, 2.24) is 4.98 Å². The average Bonchev–Trinajstić information content (AvgIpc) is 2.73. The van der Waals surface area contributed by atoms with Crippen molar-refractivity contribution in [2.24, 2.45) is 11.7 Å². The highest BCUT2D eigenvalue weighted by Gasteiger charge is 2.51. The average molecular weight is 246 g/mol. The van der Waals surface area contributed by atoms with Crippen LogP contribution in [0.25, 0.3) is 0 Å². The summed E-state index contributed by atoms with van der Waals surface area (Å²) < 4.78 is 5.73. The minimum absolute atomic E-state index is 0.0741. The second kappa shape index (κ2) is 3.88. The van der Waals surface area contributed by atoms with Crippen LogP contribution in [0.3, 0.4) is 0 Å². The summed E-state index contributed by atoms with van der Waals surface area (Å²) in [4.78, 5) is 27.8. The number of ether oxygens (including phenoxy) is 1. The molecule has 1 fully saturated rings. The first-order valence-corrected chi connectivity index (χ1v) is 6.04. The predicted octanol–water partition coefficient (Wildman–Crippen LogP) is 0.662. The van der Waals surface area contributed by atoms with Crippen LogP contribution < -0.4 is 5.73 Å². The van der Waals surface area contributed by atoms with Crippen molar-refractivity contribution in [3.8, 4) is 0 Å². The van der Waals surface area contributed by atoms with Gasteiger partial charge in [0.25, 0.3) is 0 Å². The van der Waals surface area contributed by atoms with Crippen molar-refractivity contribution in [3.63, 3.8) is 0 Å². The van der Waals surface area contributed by atoms with Crippen LogP contribution in [-0.4, -0.2) is 16.7 Å². The molecule has 0 bridgehead atoms. The molecule has 94 valence electrons. The summed E-state index contributed by atoms with van der Waals surface area (Å²) >= 11 is 0. The van der Waals surface area contributed by atoms with Gasteiger partial charge in [-0.15, -0.1) is 0 Å². The van der Waals surface area contributed by atoms with E-state index in [1.807, 2.05) is 12.1 Å². The maximum Gasteiger partial charge on any atom is 0.220 e. The summed E-state index contributed by atoms with van der Waals surface area (Å²) in [6, 6.07) is 3.76. The zero-order valence-electron chi connectivity index (χ0n) is 9.89. The molecule has 5 heteroatoms. The molecule has 0 saturated heterocycles. The van der Waals surface area contributed by atoms with Gasteiger partial charge in [0, 0.05) is 24.1 Å². The van der Waals surface area contributed by atoms with Crippen LogP contribution in [0.15, 0.2) is 18.3 Å². The fourth-order valence-electron chi connectivity index (χ4n) is 2.84. The number of rotatable bonds is 1. The van der Waals surface area contributed by atoms with Gasteiger partial charge in [0.15, 0.2) is 11.4 Å². The maximum atomic E-state index is 12.3. The molecule has 1 spiro atoms. The number of ketones is 1. The van der Waals surface area contributed by atoms with Gasteiger partial charge in [-0.3, -0.25) is 14.6 Å². The lowest BCUT2D eigenvalue weighted by Gasteiger charge is -2.33. The first-order valence-electron chi connectivity index (χ1n) is 6.04. The molecule has 2 aliphatic rings. The minimum atomic E-state index is -0.928. The van der Waals surface area contributed by atoms with Crippen LogP contribution in [0.2, 0.25) is 0 Å². The Morgan fingerprint density at radius 3 is 3.11 bits per heavy atom. The molecule has 2 unspecified atom stereocenters. The third-order valence-electron chi connectivity index (χ3n) is 3.88. The highest BCUT2D eigenvalue weighted by atomic mass is 16.5. The number of primary amides is 1. The molecule has 2 heterocycles. The van der Waals surface area contributed by atoms with Gasteiger partial charge in [0.1, 0.15) is 0 Å². The van der Waals surface area contributed by atoms with Gasteiger partial charge in [-0.05, 0) is 18.9 Å². The van der Waals surface area contributed by atoms with Crippen LogP contribution >= 0.6 is 0 Å². The fourth-order valence-corrected chi connectivity index (χ4v) is 2.84. The lowest BCUT2D eigenvalue weighted by Crippen LogP contribution is -2.44. The fraction of sp³-hybridized carbons (Fsp3) is 0.462. The monoisotopic (exact) mass is 246 g/mol.